The molecule has 40 heavy (non-hydrogen) atoms. The largest absolute Gasteiger partial charge is 0.352 e. The Morgan fingerprint density at radius 1 is 0.925 bits per heavy atom. The van der Waals surface area contributed by atoms with Gasteiger partial charge in [0.1, 0.15) is 12.6 Å². The van der Waals surface area contributed by atoms with Gasteiger partial charge in [-0.3, -0.25) is 13.9 Å². The zero-order valence-corrected chi connectivity index (χ0v) is 25.0. The summed E-state index contributed by atoms with van der Waals surface area (Å²) in [6.07, 6.45) is 3.86. The molecule has 0 saturated heterocycles. The van der Waals surface area contributed by atoms with Crippen molar-refractivity contribution in [1.82, 2.24) is 10.2 Å². The summed E-state index contributed by atoms with van der Waals surface area (Å²) in [5, 5.41) is 3.91. The van der Waals surface area contributed by atoms with Crippen molar-refractivity contribution in [3.05, 3.63) is 93.4 Å². The second kappa shape index (κ2) is 13.3. The zero-order valence-electron chi connectivity index (χ0n) is 21.9. The maximum absolute atomic E-state index is 14.0. The summed E-state index contributed by atoms with van der Waals surface area (Å²) in [6.45, 7) is 1.12. The van der Waals surface area contributed by atoms with E-state index in [-0.39, 0.29) is 39.1 Å². The molecule has 1 N–H and O–H groups in total. The second-order valence-electron chi connectivity index (χ2n) is 9.74. The lowest BCUT2D eigenvalue weighted by Crippen LogP contribution is -2.52. The fraction of sp³-hybridized carbons (Fsp3) is 0.310. The third-order valence-corrected chi connectivity index (χ3v) is 9.67. The highest BCUT2D eigenvalue weighted by atomic mass is 35.5. The first-order valence-corrected chi connectivity index (χ1v) is 15.5. The van der Waals surface area contributed by atoms with Crippen molar-refractivity contribution < 1.29 is 18.0 Å². The number of rotatable bonds is 10. The van der Waals surface area contributed by atoms with Gasteiger partial charge in [0, 0.05) is 17.6 Å². The van der Waals surface area contributed by atoms with Gasteiger partial charge in [0.25, 0.3) is 10.0 Å². The first kappa shape index (κ1) is 30.2. The van der Waals surface area contributed by atoms with Crippen LogP contribution in [0.25, 0.3) is 0 Å². The molecule has 3 aromatic rings. The van der Waals surface area contributed by atoms with Crippen molar-refractivity contribution in [1.29, 1.82) is 0 Å². The van der Waals surface area contributed by atoms with E-state index >= 15 is 0 Å². The molecule has 0 aromatic heterocycles. The van der Waals surface area contributed by atoms with E-state index in [1.54, 1.807) is 49.4 Å². The second-order valence-corrected chi connectivity index (χ2v) is 12.9. The number of hydrogen-bond acceptors (Lipinski definition) is 4. The highest BCUT2D eigenvalue weighted by molar-refractivity contribution is 7.92. The Labute approximate surface area is 250 Å². The van der Waals surface area contributed by atoms with Crippen molar-refractivity contribution in [2.24, 2.45) is 0 Å². The standard InChI is InChI=1S/C29H30Cl3N3O4S/c1-20(29(37)33-23-10-5-6-11-23)34(18-21-8-7-9-22(30)16-21)28(36)19-35(24-14-15-26(31)27(32)17-24)40(38,39)25-12-3-2-4-13-25/h2-4,7-9,12-17,20,23H,5-6,10-11,18-19H2,1H3,(H,33,37)/t20-/m1/s1. The Morgan fingerprint density at radius 3 is 2.27 bits per heavy atom. The minimum absolute atomic E-state index is 0.00212. The van der Waals surface area contributed by atoms with Crippen LogP contribution in [0.2, 0.25) is 15.1 Å². The van der Waals surface area contributed by atoms with Crippen molar-refractivity contribution in [3.8, 4) is 0 Å². The first-order valence-electron chi connectivity index (χ1n) is 12.9. The summed E-state index contributed by atoms with van der Waals surface area (Å²) >= 11 is 18.5. The molecule has 2 amide bonds. The molecule has 0 heterocycles. The Balaban J connectivity index is 1.69. The lowest BCUT2D eigenvalue weighted by molar-refractivity contribution is -0.139. The molecule has 3 aromatic carbocycles. The number of sulfonamides is 1. The predicted molar refractivity (Wildman–Crippen MR) is 159 cm³/mol. The quantitative estimate of drug-likeness (QED) is 0.287. The van der Waals surface area contributed by atoms with Gasteiger partial charge in [-0.15, -0.1) is 0 Å². The molecule has 11 heteroatoms. The van der Waals surface area contributed by atoms with E-state index in [0.29, 0.717) is 10.6 Å². The summed E-state index contributed by atoms with van der Waals surface area (Å²) in [4.78, 5) is 28.6. The summed E-state index contributed by atoms with van der Waals surface area (Å²) in [5.41, 5.74) is 0.866. The number of hydrogen-bond donors (Lipinski definition) is 1. The van der Waals surface area contributed by atoms with E-state index in [2.05, 4.69) is 5.32 Å². The fourth-order valence-electron chi connectivity index (χ4n) is 4.70. The molecule has 0 radical (unpaired) electrons. The van der Waals surface area contributed by atoms with E-state index in [4.69, 9.17) is 34.8 Å². The molecule has 212 valence electrons. The molecule has 7 nitrogen and oxygen atoms in total. The molecule has 1 saturated carbocycles. The minimum atomic E-state index is -4.19. The Hall–Kier alpha value is -2.78. The average Bonchev–Trinajstić information content (AvgIpc) is 3.45. The van der Waals surface area contributed by atoms with Gasteiger partial charge < -0.3 is 10.2 Å². The molecule has 0 spiro atoms. The van der Waals surface area contributed by atoms with Gasteiger partial charge in [0.05, 0.1) is 20.6 Å². The number of amides is 2. The fourth-order valence-corrected chi connectivity index (χ4v) is 6.63. The molecule has 0 bridgehead atoms. The number of nitrogens with zero attached hydrogens (tertiary/aromatic N) is 2. The third-order valence-electron chi connectivity index (χ3n) is 6.91. The van der Waals surface area contributed by atoms with Gasteiger partial charge in [-0.25, -0.2) is 8.42 Å². The van der Waals surface area contributed by atoms with Crippen LogP contribution in [0.4, 0.5) is 5.69 Å². The summed E-state index contributed by atoms with van der Waals surface area (Å²) in [7, 11) is -4.19. The zero-order chi connectivity index (χ0) is 28.9. The van der Waals surface area contributed by atoms with Gasteiger partial charge in [-0.1, -0.05) is 78.0 Å². The number of carbonyl (C=O) groups excluding carboxylic acids is 2. The average molecular weight is 623 g/mol. The molecule has 0 unspecified atom stereocenters. The van der Waals surface area contributed by atoms with Gasteiger partial charge in [0.15, 0.2) is 0 Å². The summed E-state index contributed by atoms with van der Waals surface area (Å²) < 4.78 is 28.6. The first-order chi connectivity index (χ1) is 19.1. The number of nitrogens with one attached hydrogen (secondary N) is 1. The van der Waals surface area contributed by atoms with Gasteiger partial charge in [-0.2, -0.15) is 0 Å². The van der Waals surface area contributed by atoms with Crippen molar-refractivity contribution >= 4 is 62.3 Å². The molecule has 4 rings (SSSR count). The van der Waals surface area contributed by atoms with E-state index in [1.165, 1.54) is 35.2 Å². The number of carbonyl (C=O) groups is 2. The number of anilines is 1. The summed E-state index contributed by atoms with van der Waals surface area (Å²) in [6, 6.07) is 18.3. The van der Waals surface area contributed by atoms with E-state index < -0.39 is 28.5 Å². The smallest absolute Gasteiger partial charge is 0.264 e. The highest BCUT2D eigenvalue weighted by Crippen LogP contribution is 2.31. The van der Waals surface area contributed by atoms with Crippen LogP contribution in [0.5, 0.6) is 0 Å². The van der Waals surface area contributed by atoms with Crippen molar-refractivity contribution in [3.63, 3.8) is 0 Å². The third kappa shape index (κ3) is 7.29. The molecule has 1 aliphatic rings. The van der Waals surface area contributed by atoms with E-state index in [1.807, 2.05) is 0 Å². The minimum Gasteiger partial charge on any atom is -0.352 e. The molecule has 1 atom stereocenters. The maximum atomic E-state index is 14.0. The Kier molecular flexibility index (Phi) is 10.0. The van der Waals surface area contributed by atoms with E-state index in [0.717, 1.165) is 30.0 Å². The van der Waals surface area contributed by atoms with Crippen LogP contribution in [0.1, 0.15) is 38.2 Å². The lowest BCUT2D eigenvalue weighted by Gasteiger charge is -2.32. The van der Waals surface area contributed by atoms with Gasteiger partial charge in [0.2, 0.25) is 11.8 Å². The van der Waals surface area contributed by atoms with Crippen LogP contribution < -0.4 is 9.62 Å². The number of halogens is 3. The van der Waals surface area contributed by atoms with E-state index in [9.17, 15) is 18.0 Å². The lowest BCUT2D eigenvalue weighted by atomic mass is 10.1. The monoisotopic (exact) mass is 621 g/mol. The molecule has 1 aliphatic carbocycles. The SMILES string of the molecule is C[C@H](C(=O)NC1CCCC1)N(Cc1cccc(Cl)c1)C(=O)CN(c1ccc(Cl)c(Cl)c1)S(=O)(=O)c1ccccc1. The van der Waals surface area contributed by atoms with Gasteiger partial charge in [-0.05, 0) is 67.8 Å². The molecule has 0 aliphatic heterocycles. The topological polar surface area (TPSA) is 86.8 Å². The molecular weight excluding hydrogens is 593 g/mol. The van der Waals surface area contributed by atoms with Crippen LogP contribution in [0, 0.1) is 0 Å². The molecular formula is C29H30Cl3N3O4S. The number of benzene rings is 3. The van der Waals surface area contributed by atoms with Crippen LogP contribution in [0.3, 0.4) is 0 Å². The Bertz CT molecular complexity index is 1460. The maximum Gasteiger partial charge on any atom is 0.264 e. The summed E-state index contributed by atoms with van der Waals surface area (Å²) in [5.74, 6) is -0.867. The van der Waals surface area contributed by atoms with Crippen LogP contribution in [-0.4, -0.2) is 43.8 Å². The van der Waals surface area contributed by atoms with Crippen LogP contribution in [0.15, 0.2) is 77.7 Å². The molecule has 1 fully saturated rings. The van der Waals surface area contributed by atoms with Crippen molar-refractivity contribution in [2.45, 2.75) is 56.1 Å². The van der Waals surface area contributed by atoms with Crippen molar-refractivity contribution in [2.75, 3.05) is 10.8 Å². The van der Waals surface area contributed by atoms with Crippen LogP contribution >= 0.6 is 34.8 Å². The normalized spacial score (nSPS) is 14.5. The Morgan fingerprint density at radius 2 is 1.62 bits per heavy atom. The van der Waals surface area contributed by atoms with Crippen LogP contribution in [-0.2, 0) is 26.2 Å². The van der Waals surface area contributed by atoms with Gasteiger partial charge >= 0.3 is 0 Å². The highest BCUT2D eigenvalue weighted by Gasteiger charge is 2.33. The predicted octanol–water partition coefficient (Wildman–Crippen LogP) is 6.32.